The van der Waals surface area contributed by atoms with Crippen molar-refractivity contribution in [2.24, 2.45) is 5.92 Å². The molecule has 0 bridgehead atoms. The summed E-state index contributed by atoms with van der Waals surface area (Å²) < 4.78 is 5.93. The summed E-state index contributed by atoms with van der Waals surface area (Å²) in [6, 6.07) is 7.55. The molecule has 0 radical (unpaired) electrons. The van der Waals surface area contributed by atoms with Crippen LogP contribution in [0.4, 0.5) is 5.82 Å². The van der Waals surface area contributed by atoms with Crippen molar-refractivity contribution in [3.8, 4) is 0 Å². The lowest BCUT2D eigenvalue weighted by Gasteiger charge is -2.35. The molecule has 1 unspecified atom stereocenters. The maximum atomic E-state index is 11.5. The second-order valence-electron chi connectivity index (χ2n) is 8.63. The van der Waals surface area contributed by atoms with Gasteiger partial charge in [-0.3, -0.25) is 9.78 Å². The Morgan fingerprint density at radius 3 is 2.90 bits per heavy atom. The number of carboxylic acid groups (broad SMARTS) is 1. The second kappa shape index (κ2) is 10.7. The number of hydrogen-bond donors (Lipinski definition) is 3. The molecule has 31 heavy (non-hydrogen) atoms. The number of rotatable bonds is 11. The van der Waals surface area contributed by atoms with Crippen molar-refractivity contribution in [3.05, 3.63) is 53.5 Å². The number of nitrogens with zero attached hydrogens (tertiary/aromatic N) is 2. The van der Waals surface area contributed by atoms with Crippen LogP contribution in [-0.4, -0.2) is 46.3 Å². The number of anilines is 1. The van der Waals surface area contributed by atoms with Gasteiger partial charge in [0.2, 0.25) is 0 Å². The molecule has 2 aromatic heterocycles. The Hall–Kier alpha value is -2.51. The zero-order valence-corrected chi connectivity index (χ0v) is 17.9. The Balaban J connectivity index is 1.11. The minimum absolute atomic E-state index is 0.262. The van der Waals surface area contributed by atoms with Crippen LogP contribution in [0.3, 0.4) is 0 Å². The van der Waals surface area contributed by atoms with Crippen LogP contribution >= 0.6 is 0 Å². The lowest BCUT2D eigenvalue weighted by Crippen LogP contribution is -2.38. The van der Waals surface area contributed by atoms with E-state index in [2.05, 4.69) is 27.8 Å². The molecule has 1 atom stereocenters. The third-order valence-electron chi connectivity index (χ3n) is 6.31. The first kappa shape index (κ1) is 21.7. The standard InChI is InChI=1S/C24H32N4O3/c29-24(30)22(27-16-17-7-11-25-12-8-17)9-13-31-21-14-18(15-21)3-5-20-6-4-19-2-1-10-26-23(19)28-20/h4,6-8,11-12,18,21-22,27H,1-3,5,9-10,13-16H2,(H,26,28)(H,29,30). The molecule has 166 valence electrons. The normalized spacial score (nSPS) is 20.9. The van der Waals surface area contributed by atoms with E-state index < -0.39 is 12.0 Å². The van der Waals surface area contributed by atoms with Gasteiger partial charge in [0.15, 0.2) is 0 Å². The minimum Gasteiger partial charge on any atom is -0.480 e. The number of aromatic nitrogens is 2. The molecular formula is C24H32N4O3. The average molecular weight is 425 g/mol. The molecule has 2 aliphatic rings. The summed E-state index contributed by atoms with van der Waals surface area (Å²) in [7, 11) is 0. The molecule has 1 saturated carbocycles. The van der Waals surface area contributed by atoms with Crippen LogP contribution in [0.5, 0.6) is 0 Å². The Bertz CT molecular complexity index is 855. The molecular weight excluding hydrogens is 392 g/mol. The van der Waals surface area contributed by atoms with E-state index in [1.54, 1.807) is 12.4 Å². The minimum atomic E-state index is -0.837. The second-order valence-corrected chi connectivity index (χ2v) is 8.63. The number of hydrogen-bond acceptors (Lipinski definition) is 6. The Kier molecular flexibility index (Phi) is 7.48. The van der Waals surface area contributed by atoms with Gasteiger partial charge in [-0.2, -0.15) is 0 Å². The Morgan fingerprint density at radius 2 is 2.10 bits per heavy atom. The zero-order valence-electron chi connectivity index (χ0n) is 17.9. The molecule has 3 heterocycles. The van der Waals surface area contributed by atoms with Crippen LogP contribution in [0.2, 0.25) is 0 Å². The highest BCUT2D eigenvalue weighted by Crippen LogP contribution is 2.34. The van der Waals surface area contributed by atoms with Crippen molar-refractivity contribution < 1.29 is 14.6 Å². The van der Waals surface area contributed by atoms with Crippen LogP contribution in [0, 0.1) is 5.92 Å². The highest BCUT2D eigenvalue weighted by atomic mass is 16.5. The first-order chi connectivity index (χ1) is 15.2. The number of fused-ring (bicyclic) bond motifs is 1. The van der Waals surface area contributed by atoms with E-state index in [4.69, 9.17) is 9.72 Å². The van der Waals surface area contributed by atoms with Gasteiger partial charge in [-0.1, -0.05) is 6.07 Å². The SMILES string of the molecule is O=C(O)C(CCOC1CC(CCc2ccc3c(n2)NCCC3)C1)NCc1ccncc1. The van der Waals surface area contributed by atoms with Crippen molar-refractivity contribution in [2.75, 3.05) is 18.5 Å². The molecule has 3 N–H and O–H groups in total. The fraction of sp³-hybridized carbons (Fsp3) is 0.542. The van der Waals surface area contributed by atoms with E-state index in [1.165, 1.54) is 17.7 Å². The first-order valence-corrected chi connectivity index (χ1v) is 11.4. The fourth-order valence-electron chi connectivity index (χ4n) is 4.31. The molecule has 0 spiro atoms. The average Bonchev–Trinajstić information content (AvgIpc) is 2.77. The van der Waals surface area contributed by atoms with Crippen LogP contribution in [0.25, 0.3) is 0 Å². The molecule has 0 saturated heterocycles. The van der Waals surface area contributed by atoms with E-state index in [9.17, 15) is 9.90 Å². The number of pyridine rings is 2. The molecule has 7 nitrogen and oxygen atoms in total. The van der Waals surface area contributed by atoms with E-state index >= 15 is 0 Å². The van der Waals surface area contributed by atoms with Crippen LogP contribution in [0.15, 0.2) is 36.7 Å². The largest absolute Gasteiger partial charge is 0.480 e. The fourth-order valence-corrected chi connectivity index (χ4v) is 4.31. The molecule has 0 aromatic carbocycles. The summed E-state index contributed by atoms with van der Waals surface area (Å²) in [6.45, 7) is 2.00. The summed E-state index contributed by atoms with van der Waals surface area (Å²) in [4.78, 5) is 20.3. The Labute approximate surface area is 183 Å². The summed E-state index contributed by atoms with van der Waals surface area (Å²) >= 11 is 0. The number of ether oxygens (including phenoxy) is 1. The Morgan fingerprint density at radius 1 is 1.26 bits per heavy atom. The van der Waals surface area contributed by atoms with Gasteiger partial charge in [-0.25, -0.2) is 4.98 Å². The zero-order chi connectivity index (χ0) is 21.5. The summed E-state index contributed by atoms with van der Waals surface area (Å²) in [5.41, 5.74) is 3.53. The maximum absolute atomic E-state index is 11.5. The van der Waals surface area contributed by atoms with Gasteiger partial charge in [0.1, 0.15) is 11.9 Å². The monoisotopic (exact) mass is 424 g/mol. The van der Waals surface area contributed by atoms with E-state index in [-0.39, 0.29) is 6.10 Å². The summed E-state index contributed by atoms with van der Waals surface area (Å²) in [5, 5.41) is 15.9. The van der Waals surface area contributed by atoms with Crippen LogP contribution in [0.1, 0.15) is 48.9 Å². The molecule has 4 rings (SSSR count). The van der Waals surface area contributed by atoms with Crippen molar-refractivity contribution in [1.82, 2.24) is 15.3 Å². The first-order valence-electron chi connectivity index (χ1n) is 11.4. The van der Waals surface area contributed by atoms with E-state index in [0.29, 0.717) is 25.5 Å². The van der Waals surface area contributed by atoms with Crippen molar-refractivity contribution >= 4 is 11.8 Å². The smallest absolute Gasteiger partial charge is 0.320 e. The van der Waals surface area contributed by atoms with Gasteiger partial charge >= 0.3 is 5.97 Å². The number of nitrogens with one attached hydrogen (secondary N) is 2. The van der Waals surface area contributed by atoms with Gasteiger partial charge in [-0.05, 0) is 80.2 Å². The van der Waals surface area contributed by atoms with Gasteiger partial charge in [0.05, 0.1) is 6.10 Å². The number of carbonyl (C=O) groups is 1. The maximum Gasteiger partial charge on any atom is 0.320 e. The molecule has 0 amide bonds. The van der Waals surface area contributed by atoms with Gasteiger partial charge in [-0.15, -0.1) is 0 Å². The quantitative estimate of drug-likeness (QED) is 0.510. The molecule has 1 aliphatic carbocycles. The van der Waals surface area contributed by atoms with Gasteiger partial charge in [0.25, 0.3) is 0 Å². The molecule has 1 fully saturated rings. The highest BCUT2D eigenvalue weighted by Gasteiger charge is 2.30. The number of carboxylic acids is 1. The van der Waals surface area contributed by atoms with Crippen molar-refractivity contribution in [2.45, 2.75) is 63.6 Å². The van der Waals surface area contributed by atoms with Gasteiger partial charge in [0, 0.05) is 37.8 Å². The molecule has 2 aromatic rings. The molecule has 1 aliphatic heterocycles. The highest BCUT2D eigenvalue weighted by molar-refractivity contribution is 5.73. The summed E-state index contributed by atoms with van der Waals surface area (Å²) in [5.74, 6) is 0.913. The third kappa shape index (κ3) is 6.24. The van der Waals surface area contributed by atoms with E-state index in [1.807, 2.05) is 12.1 Å². The van der Waals surface area contributed by atoms with E-state index in [0.717, 1.165) is 50.0 Å². The number of aryl methyl sites for hydroxylation is 2. The topological polar surface area (TPSA) is 96.4 Å². The predicted octanol–water partition coefficient (Wildman–Crippen LogP) is 3.20. The number of aliphatic carboxylic acids is 1. The predicted molar refractivity (Wildman–Crippen MR) is 119 cm³/mol. The lowest BCUT2D eigenvalue weighted by atomic mass is 9.79. The van der Waals surface area contributed by atoms with Gasteiger partial charge < -0.3 is 20.5 Å². The lowest BCUT2D eigenvalue weighted by molar-refractivity contribution is -0.140. The third-order valence-corrected chi connectivity index (χ3v) is 6.31. The molecule has 7 heteroatoms. The van der Waals surface area contributed by atoms with Crippen molar-refractivity contribution in [3.63, 3.8) is 0 Å². The summed E-state index contributed by atoms with van der Waals surface area (Å²) in [6.07, 6.45) is 10.7. The van der Waals surface area contributed by atoms with Crippen LogP contribution in [-0.2, 0) is 28.9 Å². The van der Waals surface area contributed by atoms with Crippen molar-refractivity contribution in [1.29, 1.82) is 0 Å². The van der Waals surface area contributed by atoms with Crippen LogP contribution < -0.4 is 10.6 Å².